The molecule has 2 aromatic rings. The fraction of sp³-hybridized carbons (Fsp3) is 0.300. The average Bonchev–Trinajstić information content (AvgIpc) is 3.15. The van der Waals surface area contributed by atoms with Crippen molar-refractivity contribution < 1.29 is 4.79 Å². The minimum Gasteiger partial charge on any atom is -0.371 e. The van der Waals surface area contributed by atoms with Crippen molar-refractivity contribution in [1.82, 2.24) is 9.88 Å². The monoisotopic (exact) mass is 321 g/mol. The lowest BCUT2D eigenvalue weighted by atomic mass is 10.1. The summed E-state index contributed by atoms with van der Waals surface area (Å²) in [4.78, 5) is 20.5. The van der Waals surface area contributed by atoms with Crippen molar-refractivity contribution in [2.45, 2.75) is 19.4 Å². The van der Waals surface area contributed by atoms with E-state index in [1.54, 1.807) is 23.4 Å². The van der Waals surface area contributed by atoms with Crippen LogP contribution in [0.2, 0.25) is 0 Å². The van der Waals surface area contributed by atoms with Crippen LogP contribution in [0.5, 0.6) is 0 Å². The minimum atomic E-state index is 0.00281. The van der Waals surface area contributed by atoms with Gasteiger partial charge in [0.05, 0.1) is 0 Å². The zero-order valence-corrected chi connectivity index (χ0v) is 14.1. The highest BCUT2D eigenvalue weighted by Gasteiger charge is 2.16. The van der Waals surface area contributed by atoms with Crippen molar-refractivity contribution in [3.8, 4) is 0 Å². The highest BCUT2D eigenvalue weighted by molar-refractivity contribution is 5.91. The number of benzene rings is 1. The van der Waals surface area contributed by atoms with E-state index in [9.17, 15) is 4.79 Å². The van der Waals surface area contributed by atoms with Crippen molar-refractivity contribution in [2.24, 2.45) is 0 Å². The van der Waals surface area contributed by atoms with Gasteiger partial charge >= 0.3 is 0 Å². The second kappa shape index (κ2) is 7.77. The molecule has 1 aromatic heterocycles. The Hall–Kier alpha value is -2.62. The zero-order valence-electron chi connectivity index (χ0n) is 14.1. The molecule has 0 aliphatic carbocycles. The molecule has 1 saturated heterocycles. The topological polar surface area (TPSA) is 36.4 Å². The van der Waals surface area contributed by atoms with Gasteiger partial charge in [-0.25, -0.2) is 0 Å². The normalized spacial score (nSPS) is 14.3. The van der Waals surface area contributed by atoms with Gasteiger partial charge in [-0.1, -0.05) is 18.2 Å². The zero-order chi connectivity index (χ0) is 16.8. The first-order chi connectivity index (χ1) is 11.7. The summed E-state index contributed by atoms with van der Waals surface area (Å²) in [7, 11) is 1.85. The molecule has 0 spiro atoms. The van der Waals surface area contributed by atoms with Crippen molar-refractivity contribution in [3.63, 3.8) is 0 Å². The number of likely N-dealkylation sites (N-methyl/N-ethyl adjacent to an activating group) is 1. The number of hydrogen-bond acceptors (Lipinski definition) is 3. The lowest BCUT2D eigenvalue weighted by Gasteiger charge is -2.24. The van der Waals surface area contributed by atoms with Crippen LogP contribution in [0.25, 0.3) is 6.08 Å². The smallest absolute Gasteiger partial charge is 0.246 e. The molecule has 0 N–H and O–H groups in total. The summed E-state index contributed by atoms with van der Waals surface area (Å²) in [5.41, 5.74) is 3.43. The molecule has 1 fully saturated rings. The summed E-state index contributed by atoms with van der Waals surface area (Å²) in [5.74, 6) is 0.00281. The third-order valence-corrected chi connectivity index (χ3v) is 4.35. The Balaban J connectivity index is 1.67. The van der Waals surface area contributed by atoms with E-state index in [-0.39, 0.29) is 5.91 Å². The summed E-state index contributed by atoms with van der Waals surface area (Å²) in [6.45, 7) is 2.83. The van der Waals surface area contributed by atoms with Gasteiger partial charge in [0.2, 0.25) is 5.91 Å². The number of hydrogen-bond donors (Lipinski definition) is 0. The molecule has 24 heavy (non-hydrogen) atoms. The molecule has 1 amide bonds. The molecule has 124 valence electrons. The molecule has 2 heterocycles. The second-order valence-corrected chi connectivity index (χ2v) is 6.13. The van der Waals surface area contributed by atoms with E-state index in [0.717, 1.165) is 18.7 Å². The molecule has 1 aromatic carbocycles. The van der Waals surface area contributed by atoms with Gasteiger partial charge in [0, 0.05) is 50.8 Å². The van der Waals surface area contributed by atoms with Crippen molar-refractivity contribution in [1.29, 1.82) is 0 Å². The van der Waals surface area contributed by atoms with Crippen LogP contribution in [-0.2, 0) is 11.3 Å². The van der Waals surface area contributed by atoms with E-state index in [1.165, 1.54) is 24.1 Å². The van der Waals surface area contributed by atoms with Crippen LogP contribution in [0.1, 0.15) is 24.0 Å². The fourth-order valence-corrected chi connectivity index (χ4v) is 3.01. The van der Waals surface area contributed by atoms with Crippen LogP contribution < -0.4 is 4.90 Å². The average molecular weight is 321 g/mol. The van der Waals surface area contributed by atoms with E-state index >= 15 is 0 Å². The lowest BCUT2D eigenvalue weighted by molar-refractivity contribution is -0.125. The molecule has 4 nitrogen and oxygen atoms in total. The molecule has 1 aliphatic rings. The van der Waals surface area contributed by atoms with E-state index < -0.39 is 0 Å². The quantitative estimate of drug-likeness (QED) is 0.792. The SMILES string of the molecule is CN(Cc1ccccc1N1CCCC1)C(=O)/C=C\c1ccncc1. The number of amides is 1. The number of anilines is 1. The van der Waals surface area contributed by atoms with Crippen LogP contribution in [0, 0.1) is 0 Å². The van der Waals surface area contributed by atoms with Gasteiger partial charge in [-0.15, -0.1) is 0 Å². The maximum Gasteiger partial charge on any atom is 0.246 e. The third kappa shape index (κ3) is 4.02. The largest absolute Gasteiger partial charge is 0.371 e. The number of rotatable bonds is 5. The molecule has 0 radical (unpaired) electrons. The molecule has 0 saturated carbocycles. The Kier molecular flexibility index (Phi) is 5.26. The molecular weight excluding hydrogens is 298 g/mol. The molecule has 0 bridgehead atoms. The Bertz CT molecular complexity index is 706. The number of aromatic nitrogens is 1. The fourth-order valence-electron chi connectivity index (χ4n) is 3.01. The highest BCUT2D eigenvalue weighted by atomic mass is 16.2. The van der Waals surface area contributed by atoms with Crippen LogP contribution in [0.4, 0.5) is 5.69 Å². The molecule has 0 unspecified atom stereocenters. The van der Waals surface area contributed by atoms with E-state index in [4.69, 9.17) is 0 Å². The Morgan fingerprint density at radius 3 is 2.62 bits per heavy atom. The summed E-state index contributed by atoms with van der Waals surface area (Å²) in [6, 6.07) is 12.1. The third-order valence-electron chi connectivity index (χ3n) is 4.35. The summed E-state index contributed by atoms with van der Waals surface area (Å²) in [6.07, 6.45) is 9.39. The van der Waals surface area contributed by atoms with Crippen LogP contribution in [0.15, 0.2) is 54.9 Å². The number of carbonyl (C=O) groups is 1. The van der Waals surface area contributed by atoms with Crippen LogP contribution >= 0.6 is 0 Å². The summed E-state index contributed by atoms with van der Waals surface area (Å²) in [5, 5.41) is 0. The second-order valence-electron chi connectivity index (χ2n) is 6.13. The molecule has 4 heteroatoms. The highest BCUT2D eigenvalue weighted by Crippen LogP contribution is 2.25. The number of carbonyl (C=O) groups excluding carboxylic acids is 1. The first-order valence-corrected chi connectivity index (χ1v) is 8.40. The van der Waals surface area contributed by atoms with Gasteiger partial charge in [-0.05, 0) is 48.2 Å². The van der Waals surface area contributed by atoms with Gasteiger partial charge in [0.25, 0.3) is 0 Å². The molecule has 1 aliphatic heterocycles. The predicted octanol–water partition coefficient (Wildman–Crippen LogP) is 3.35. The Labute approximate surface area is 143 Å². The molecule has 0 atom stereocenters. The predicted molar refractivity (Wildman–Crippen MR) is 97.6 cm³/mol. The van der Waals surface area contributed by atoms with Gasteiger partial charge in [0.15, 0.2) is 0 Å². The van der Waals surface area contributed by atoms with E-state index in [1.807, 2.05) is 31.3 Å². The number of nitrogens with zero attached hydrogens (tertiary/aromatic N) is 3. The van der Waals surface area contributed by atoms with E-state index in [0.29, 0.717) is 6.54 Å². The lowest BCUT2D eigenvalue weighted by Crippen LogP contribution is -2.26. The van der Waals surface area contributed by atoms with Gasteiger partial charge in [-0.3, -0.25) is 9.78 Å². The Morgan fingerprint density at radius 2 is 1.88 bits per heavy atom. The summed E-state index contributed by atoms with van der Waals surface area (Å²) < 4.78 is 0. The maximum absolute atomic E-state index is 12.4. The van der Waals surface area contributed by atoms with Crippen LogP contribution in [0.3, 0.4) is 0 Å². The first-order valence-electron chi connectivity index (χ1n) is 8.40. The van der Waals surface area contributed by atoms with E-state index in [2.05, 4.69) is 28.1 Å². The minimum absolute atomic E-state index is 0.00281. The molecule has 3 rings (SSSR count). The van der Waals surface area contributed by atoms with Crippen molar-refractivity contribution >= 4 is 17.7 Å². The Morgan fingerprint density at radius 1 is 1.17 bits per heavy atom. The van der Waals surface area contributed by atoms with Gasteiger partial charge in [-0.2, -0.15) is 0 Å². The number of para-hydroxylation sites is 1. The van der Waals surface area contributed by atoms with Crippen LogP contribution in [-0.4, -0.2) is 35.9 Å². The van der Waals surface area contributed by atoms with Crippen molar-refractivity contribution in [2.75, 3.05) is 25.0 Å². The summed E-state index contributed by atoms with van der Waals surface area (Å²) >= 11 is 0. The standard InChI is InChI=1S/C20H23N3O/c1-22(20(24)9-8-17-10-12-21-13-11-17)16-18-6-2-3-7-19(18)23-14-4-5-15-23/h2-3,6-13H,4-5,14-16H2,1H3/b9-8-. The van der Waals surface area contributed by atoms with Crippen molar-refractivity contribution in [3.05, 3.63) is 66.0 Å². The maximum atomic E-state index is 12.4. The number of pyridine rings is 1. The van der Waals surface area contributed by atoms with Gasteiger partial charge in [0.1, 0.15) is 0 Å². The first kappa shape index (κ1) is 16.2. The van der Waals surface area contributed by atoms with Gasteiger partial charge < -0.3 is 9.80 Å². The molecular formula is C20H23N3O.